The van der Waals surface area contributed by atoms with Gasteiger partial charge in [-0.05, 0) is 65.6 Å². The van der Waals surface area contributed by atoms with Gasteiger partial charge in [0.25, 0.3) is 5.91 Å². The molecular weight excluding hydrogens is 1150 g/mol. The molecule has 33 heteroatoms. The van der Waals surface area contributed by atoms with E-state index in [4.69, 9.17) is 33.5 Å². The van der Waals surface area contributed by atoms with E-state index in [0.29, 0.717) is 6.42 Å². The lowest BCUT2D eigenvalue weighted by molar-refractivity contribution is -0.155. The summed E-state index contributed by atoms with van der Waals surface area (Å²) < 4.78 is 5.25. The summed E-state index contributed by atoms with van der Waals surface area (Å²) in [7, 11) is 0. The average Bonchev–Trinajstić information content (AvgIpc) is 3.66. The Morgan fingerprint density at radius 3 is 1.60 bits per heavy atom. The van der Waals surface area contributed by atoms with E-state index in [-0.39, 0.29) is 38.8 Å². The number of carbonyl (C=O) groups is 12. The van der Waals surface area contributed by atoms with Crippen molar-refractivity contribution in [2.24, 2.45) is 17.2 Å². The second kappa shape index (κ2) is 41.4. The van der Waals surface area contributed by atoms with E-state index in [2.05, 4.69) is 44.1 Å². The molecule has 22 N–H and O–H groups in total. The van der Waals surface area contributed by atoms with Crippen LogP contribution >= 0.6 is 11.6 Å². The number of ether oxygens (including phenoxy) is 1. The number of aliphatic carboxylic acids is 2. The summed E-state index contributed by atoms with van der Waals surface area (Å²) in [6.45, 7) is 2.30. The second-order valence-corrected chi connectivity index (χ2v) is 20.7. The van der Waals surface area contributed by atoms with Crippen LogP contribution in [0.4, 0.5) is 0 Å². The Kier molecular flexibility index (Phi) is 37.2. The molecule has 1 rings (SSSR count). The number of cyclic esters (lactones) is 1. The highest BCUT2D eigenvalue weighted by Crippen LogP contribution is 2.15. The van der Waals surface area contributed by atoms with Crippen LogP contribution in [0.15, 0.2) is 11.8 Å². The van der Waals surface area contributed by atoms with Crippen molar-refractivity contribution in [3.8, 4) is 0 Å². The number of hydrogen-bond donors (Lipinski definition) is 19. The van der Waals surface area contributed by atoms with Crippen LogP contribution in [0.3, 0.4) is 0 Å². The first kappa shape index (κ1) is 76.4. The summed E-state index contributed by atoms with van der Waals surface area (Å²) in [6.07, 6.45) is -2.18. The maximum Gasteiger partial charge on any atom is 0.335 e. The molecule has 1 fully saturated rings. The van der Waals surface area contributed by atoms with Gasteiger partial charge in [0.15, 0.2) is 12.1 Å². The minimum atomic E-state index is -2.85. The fraction of sp³-hybridized carbons (Fsp3) is 0.731. The minimum absolute atomic E-state index is 0.0262. The lowest BCUT2D eigenvalue weighted by atomic mass is 10.0. The fourth-order valence-electron chi connectivity index (χ4n) is 8.41. The van der Waals surface area contributed by atoms with Crippen molar-refractivity contribution in [1.29, 1.82) is 0 Å². The SMILES string of the molecule is CC=C1NC(=O)C(C(C)O)NC(=O)C(CCN)NC(=O)C(CCCN)NC(=O)C(CC(=O)O)NC(=O)C(CCN)NC(=O)C(NC(=O)CC(O)C(O)CCCCCCCCCCCC)COC(=O)C(C(O)CCl)NC(=O)C(C(O)C(=O)O)NC1=O. The Balaban J connectivity index is 3.96. The van der Waals surface area contributed by atoms with Gasteiger partial charge in [-0.15, -0.1) is 11.6 Å². The highest BCUT2D eigenvalue weighted by atomic mass is 35.5. The zero-order valence-electron chi connectivity index (χ0n) is 48.2. The Morgan fingerprint density at radius 1 is 0.612 bits per heavy atom. The third-order valence-electron chi connectivity index (χ3n) is 13.3. The first-order valence-electron chi connectivity index (χ1n) is 28.3. The molecule has 1 aliphatic heterocycles. The minimum Gasteiger partial charge on any atom is -0.481 e. The van der Waals surface area contributed by atoms with Crippen LogP contribution in [-0.4, -0.2) is 218 Å². The van der Waals surface area contributed by atoms with E-state index in [1.54, 1.807) is 0 Å². The summed E-state index contributed by atoms with van der Waals surface area (Å²) in [4.78, 5) is 162. The smallest absolute Gasteiger partial charge is 0.335 e. The van der Waals surface area contributed by atoms with Crippen molar-refractivity contribution in [2.75, 3.05) is 32.1 Å². The van der Waals surface area contributed by atoms with Gasteiger partial charge in [-0.3, -0.25) is 47.9 Å². The third kappa shape index (κ3) is 28.4. The van der Waals surface area contributed by atoms with Crippen LogP contribution in [0, 0.1) is 0 Å². The molecule has 1 aliphatic rings. The molecule has 484 valence electrons. The van der Waals surface area contributed by atoms with Gasteiger partial charge in [0, 0.05) is 0 Å². The number of carboxylic acids is 2. The molecule has 0 bridgehead atoms. The number of nitrogens with two attached hydrogens (primary N) is 3. The van der Waals surface area contributed by atoms with Crippen molar-refractivity contribution in [3.63, 3.8) is 0 Å². The van der Waals surface area contributed by atoms with Crippen LogP contribution < -0.4 is 65.1 Å². The summed E-state index contributed by atoms with van der Waals surface area (Å²) >= 11 is 5.85. The zero-order valence-corrected chi connectivity index (χ0v) is 48.9. The van der Waals surface area contributed by atoms with Crippen LogP contribution in [0.5, 0.6) is 0 Å². The van der Waals surface area contributed by atoms with Gasteiger partial charge in [0.05, 0.1) is 43.1 Å². The predicted molar refractivity (Wildman–Crippen MR) is 301 cm³/mol. The summed E-state index contributed by atoms with van der Waals surface area (Å²) in [5.74, 6) is -18.3. The van der Waals surface area contributed by atoms with Crippen molar-refractivity contribution in [2.45, 2.75) is 209 Å². The molecule has 0 aromatic carbocycles. The molecule has 0 saturated carbocycles. The molecule has 0 aliphatic carbocycles. The molecule has 0 aromatic rings. The number of esters is 1. The molecule has 0 spiro atoms. The lowest BCUT2D eigenvalue weighted by Crippen LogP contribution is -2.62. The van der Waals surface area contributed by atoms with Gasteiger partial charge >= 0.3 is 17.9 Å². The van der Waals surface area contributed by atoms with Gasteiger partial charge in [0.1, 0.15) is 54.6 Å². The molecule has 85 heavy (non-hydrogen) atoms. The van der Waals surface area contributed by atoms with Crippen molar-refractivity contribution in [3.05, 3.63) is 11.8 Å². The van der Waals surface area contributed by atoms with E-state index >= 15 is 0 Å². The Hall–Kier alpha value is -6.65. The zero-order chi connectivity index (χ0) is 64.3. The van der Waals surface area contributed by atoms with Crippen molar-refractivity contribution in [1.82, 2.24) is 47.9 Å². The summed E-state index contributed by atoms with van der Waals surface area (Å²) in [5.41, 5.74) is 16.4. The van der Waals surface area contributed by atoms with Crippen molar-refractivity contribution < 1.29 is 98.0 Å². The Morgan fingerprint density at radius 2 is 1.11 bits per heavy atom. The quantitative estimate of drug-likeness (QED) is 0.0144. The average molecular weight is 1240 g/mol. The van der Waals surface area contributed by atoms with Gasteiger partial charge < -0.3 is 106 Å². The number of allylic oxidation sites excluding steroid dienone is 1. The van der Waals surface area contributed by atoms with E-state index in [9.17, 15) is 93.3 Å². The van der Waals surface area contributed by atoms with Gasteiger partial charge in [0.2, 0.25) is 47.3 Å². The highest BCUT2D eigenvalue weighted by molar-refractivity contribution is 6.18. The summed E-state index contributed by atoms with van der Waals surface area (Å²) in [5, 5.41) is 92.6. The molecule has 0 radical (unpaired) electrons. The number of aliphatic hydroxyl groups is 5. The highest BCUT2D eigenvalue weighted by Gasteiger charge is 2.41. The summed E-state index contributed by atoms with van der Waals surface area (Å²) in [6, 6.07) is -16.1. The van der Waals surface area contributed by atoms with E-state index in [1.165, 1.54) is 12.8 Å². The van der Waals surface area contributed by atoms with Gasteiger partial charge in [-0.1, -0.05) is 77.2 Å². The normalized spacial score (nSPS) is 24.6. The second-order valence-electron chi connectivity index (χ2n) is 20.3. The van der Waals surface area contributed by atoms with Crippen LogP contribution in [0.1, 0.15) is 130 Å². The number of aliphatic hydroxyl groups excluding tert-OH is 5. The molecule has 1 heterocycles. The largest absolute Gasteiger partial charge is 0.481 e. The predicted octanol–water partition coefficient (Wildman–Crippen LogP) is -5.80. The molecule has 1 saturated heterocycles. The number of alkyl halides is 1. The van der Waals surface area contributed by atoms with Gasteiger partial charge in [-0.2, -0.15) is 0 Å². The molecular formula is C52H89ClN12O20. The maximum absolute atomic E-state index is 14.2. The van der Waals surface area contributed by atoms with E-state index < -0.39 is 194 Å². The third-order valence-corrected chi connectivity index (χ3v) is 13.7. The van der Waals surface area contributed by atoms with Crippen LogP contribution in [0.25, 0.3) is 0 Å². The number of nitrogens with one attached hydrogen (secondary N) is 9. The van der Waals surface area contributed by atoms with Crippen LogP contribution in [-0.2, 0) is 62.3 Å². The standard InChI is InChI=1S/C52H89ClN12O20/c1-4-6-7-8-9-10-11-12-13-14-17-34(67)35(68)24-37(70)57-33-26-85-52(84)40(36(69)25-53)64-50(81)41(42(73)51(82)83)65-43(74)28(5-2)58-49(80)39(27(3)66)63-46(77)31(19-22-56)60-44(75)29(16-15-20-54)59-47(78)32(23-38(71)72)62-45(76)30(18-21-55)61-48(33)79/h5,27,29-36,39-42,66-69,73H,4,6-26,54-56H2,1-3H3,(H,57,70)(H,58,80)(H,59,78)(H,60,75)(H,61,79)(H,62,76)(H,63,77)(H,64,81)(H,65,74)(H,71,72)(H,82,83). The topological polar surface area (TPSA) is 542 Å². The molecule has 32 nitrogen and oxygen atoms in total. The monoisotopic (exact) mass is 1240 g/mol. The van der Waals surface area contributed by atoms with Crippen molar-refractivity contribution >= 4 is 82.7 Å². The Bertz CT molecular complexity index is 2250. The van der Waals surface area contributed by atoms with Gasteiger partial charge in [-0.25, -0.2) is 9.59 Å². The molecule has 0 aromatic heterocycles. The first-order chi connectivity index (χ1) is 40.2. The number of amides is 9. The fourth-order valence-corrected chi connectivity index (χ4v) is 8.59. The maximum atomic E-state index is 14.2. The molecule has 13 unspecified atom stereocenters. The number of carboxylic acid groups (broad SMARTS) is 2. The van der Waals surface area contributed by atoms with E-state index in [0.717, 1.165) is 64.9 Å². The first-order valence-corrected chi connectivity index (χ1v) is 28.8. The Labute approximate surface area is 497 Å². The number of halogens is 1. The number of unbranched alkanes of at least 4 members (excludes halogenated alkanes) is 9. The number of carbonyl (C=O) groups excluding carboxylic acids is 10. The molecule has 9 amide bonds. The number of hydrogen-bond acceptors (Lipinski definition) is 21. The number of rotatable bonds is 29. The lowest BCUT2D eigenvalue weighted by Gasteiger charge is -2.28. The van der Waals surface area contributed by atoms with Crippen LogP contribution in [0.2, 0.25) is 0 Å². The molecule has 13 atom stereocenters. The van der Waals surface area contributed by atoms with E-state index in [1.807, 2.05) is 10.6 Å².